The van der Waals surface area contributed by atoms with Gasteiger partial charge in [0.2, 0.25) is 0 Å². The van der Waals surface area contributed by atoms with Gasteiger partial charge in [-0.05, 0) is 56.1 Å². The summed E-state index contributed by atoms with van der Waals surface area (Å²) in [4.78, 5) is 11.4. The number of allylic oxidation sites excluding steroid dienone is 5. The predicted molar refractivity (Wildman–Crippen MR) is 78.8 cm³/mol. The lowest BCUT2D eigenvalue weighted by Crippen LogP contribution is -2.39. The number of hydrogen-bond acceptors (Lipinski definition) is 3. The SMILES string of the molecule is C=CC(=O)/C=C1/CCC2=C(CC[C@]3(C)[C@@H](O)CC[C@@H]23)N1. The first-order valence-electron chi connectivity index (χ1n) is 7.58. The van der Waals surface area contributed by atoms with E-state index >= 15 is 0 Å². The molecular weight excluding hydrogens is 250 g/mol. The highest BCUT2D eigenvalue weighted by atomic mass is 16.3. The largest absolute Gasteiger partial charge is 0.393 e. The minimum Gasteiger partial charge on any atom is -0.393 e. The molecule has 3 heteroatoms. The van der Waals surface area contributed by atoms with Gasteiger partial charge in [-0.2, -0.15) is 0 Å². The molecule has 1 saturated carbocycles. The maximum absolute atomic E-state index is 11.4. The molecule has 3 nitrogen and oxygen atoms in total. The summed E-state index contributed by atoms with van der Waals surface area (Å²) in [5.41, 5.74) is 3.88. The van der Waals surface area contributed by atoms with Crippen LogP contribution in [0.1, 0.15) is 45.4 Å². The molecule has 2 aliphatic carbocycles. The van der Waals surface area contributed by atoms with E-state index in [-0.39, 0.29) is 17.3 Å². The monoisotopic (exact) mass is 273 g/mol. The van der Waals surface area contributed by atoms with Crippen LogP contribution in [0, 0.1) is 11.3 Å². The predicted octanol–water partition coefficient (Wildman–Crippen LogP) is 2.83. The van der Waals surface area contributed by atoms with Crippen LogP contribution in [0.2, 0.25) is 0 Å². The topological polar surface area (TPSA) is 49.3 Å². The Kier molecular flexibility index (Phi) is 3.33. The van der Waals surface area contributed by atoms with Crippen LogP contribution in [-0.2, 0) is 4.79 Å². The summed E-state index contributed by atoms with van der Waals surface area (Å²) in [5.74, 6) is 0.485. The Morgan fingerprint density at radius 2 is 2.20 bits per heavy atom. The van der Waals surface area contributed by atoms with Gasteiger partial charge in [0.25, 0.3) is 0 Å². The Labute approximate surface area is 120 Å². The molecule has 0 radical (unpaired) electrons. The van der Waals surface area contributed by atoms with Crippen molar-refractivity contribution in [3.05, 3.63) is 35.7 Å². The molecule has 2 N–H and O–H groups in total. The van der Waals surface area contributed by atoms with Crippen LogP contribution in [0.15, 0.2) is 35.7 Å². The molecular formula is C17H23NO2. The second kappa shape index (κ2) is 4.88. The van der Waals surface area contributed by atoms with Crippen LogP contribution in [0.3, 0.4) is 0 Å². The van der Waals surface area contributed by atoms with Crippen molar-refractivity contribution in [2.24, 2.45) is 11.3 Å². The standard InChI is InChI=1S/C17H23NO2/c1-3-12(19)10-11-4-5-13-14-6-7-16(20)17(14,2)9-8-15(13)18-11/h3,10,14,16,18,20H,1,4-9H2,2H3/b11-10-/t14-,16-,17-/m0/s1. The Bertz CT molecular complexity index is 517. The zero-order valence-electron chi connectivity index (χ0n) is 12.1. The van der Waals surface area contributed by atoms with Crippen LogP contribution in [0.25, 0.3) is 0 Å². The second-order valence-corrected chi connectivity index (χ2v) is 6.56. The molecule has 0 saturated heterocycles. The van der Waals surface area contributed by atoms with Crippen molar-refractivity contribution in [3.63, 3.8) is 0 Å². The van der Waals surface area contributed by atoms with E-state index < -0.39 is 0 Å². The zero-order valence-corrected chi connectivity index (χ0v) is 12.1. The van der Waals surface area contributed by atoms with Crippen LogP contribution in [0.4, 0.5) is 0 Å². The van der Waals surface area contributed by atoms with E-state index in [2.05, 4.69) is 18.8 Å². The summed E-state index contributed by atoms with van der Waals surface area (Å²) in [7, 11) is 0. The van der Waals surface area contributed by atoms with Crippen molar-refractivity contribution in [3.8, 4) is 0 Å². The molecule has 0 bridgehead atoms. The Morgan fingerprint density at radius 1 is 1.40 bits per heavy atom. The van der Waals surface area contributed by atoms with Gasteiger partial charge in [-0.25, -0.2) is 0 Å². The molecule has 3 rings (SSSR count). The lowest BCUT2D eigenvalue weighted by Gasteiger charge is -2.43. The quantitative estimate of drug-likeness (QED) is 0.761. The molecule has 3 atom stereocenters. The van der Waals surface area contributed by atoms with Crippen molar-refractivity contribution < 1.29 is 9.90 Å². The Morgan fingerprint density at radius 3 is 2.95 bits per heavy atom. The highest BCUT2D eigenvalue weighted by Gasteiger charge is 2.50. The fourth-order valence-corrected chi connectivity index (χ4v) is 4.23. The van der Waals surface area contributed by atoms with E-state index in [1.54, 1.807) is 6.08 Å². The minimum atomic E-state index is -0.152. The average Bonchev–Trinajstić information content (AvgIpc) is 2.75. The van der Waals surface area contributed by atoms with Crippen LogP contribution in [0.5, 0.6) is 0 Å². The molecule has 0 aromatic heterocycles. The van der Waals surface area contributed by atoms with E-state index in [4.69, 9.17) is 0 Å². The third-order valence-electron chi connectivity index (χ3n) is 5.50. The molecule has 108 valence electrons. The third-order valence-corrected chi connectivity index (χ3v) is 5.50. The van der Waals surface area contributed by atoms with Crippen LogP contribution >= 0.6 is 0 Å². The number of hydrogen-bond donors (Lipinski definition) is 2. The maximum atomic E-state index is 11.4. The first-order valence-corrected chi connectivity index (χ1v) is 7.58. The fourth-order valence-electron chi connectivity index (χ4n) is 4.23. The molecule has 0 spiro atoms. The van der Waals surface area contributed by atoms with Gasteiger partial charge in [0, 0.05) is 22.9 Å². The summed E-state index contributed by atoms with van der Waals surface area (Å²) in [5, 5.41) is 13.7. The van der Waals surface area contributed by atoms with Crippen LogP contribution < -0.4 is 5.32 Å². The van der Waals surface area contributed by atoms with Gasteiger partial charge in [-0.3, -0.25) is 4.79 Å². The number of rotatable bonds is 2. The van der Waals surface area contributed by atoms with Gasteiger partial charge in [-0.15, -0.1) is 0 Å². The first kappa shape index (κ1) is 13.6. The fraction of sp³-hybridized carbons (Fsp3) is 0.588. The molecule has 0 aromatic carbocycles. The van der Waals surface area contributed by atoms with Gasteiger partial charge < -0.3 is 10.4 Å². The summed E-state index contributed by atoms with van der Waals surface area (Å²) in [6.07, 6.45) is 8.82. The smallest absolute Gasteiger partial charge is 0.179 e. The van der Waals surface area contributed by atoms with Gasteiger partial charge >= 0.3 is 0 Å². The third kappa shape index (κ3) is 2.05. The van der Waals surface area contributed by atoms with E-state index in [9.17, 15) is 9.90 Å². The van der Waals surface area contributed by atoms with E-state index in [1.807, 2.05) is 0 Å². The molecule has 0 aromatic rings. The van der Waals surface area contributed by atoms with Crippen LogP contribution in [-0.4, -0.2) is 17.0 Å². The Balaban J connectivity index is 1.85. The molecule has 20 heavy (non-hydrogen) atoms. The number of aliphatic hydroxyl groups is 1. The molecule has 3 aliphatic rings. The van der Waals surface area contributed by atoms with Crippen molar-refractivity contribution in [2.45, 2.75) is 51.6 Å². The van der Waals surface area contributed by atoms with E-state index in [0.717, 1.165) is 44.2 Å². The van der Waals surface area contributed by atoms with Gasteiger partial charge in [0.1, 0.15) is 0 Å². The molecule has 0 amide bonds. The number of nitrogens with one attached hydrogen (secondary N) is 1. The lowest BCUT2D eigenvalue weighted by molar-refractivity contribution is -0.110. The van der Waals surface area contributed by atoms with Crippen molar-refractivity contribution in [1.29, 1.82) is 0 Å². The van der Waals surface area contributed by atoms with Gasteiger partial charge in [-0.1, -0.05) is 13.5 Å². The second-order valence-electron chi connectivity index (χ2n) is 6.56. The number of aliphatic hydroxyl groups excluding tert-OH is 1. The lowest BCUT2D eigenvalue weighted by atomic mass is 9.65. The van der Waals surface area contributed by atoms with Crippen molar-refractivity contribution in [2.75, 3.05) is 0 Å². The normalized spacial score (nSPS) is 38.2. The first-order chi connectivity index (χ1) is 9.54. The van der Waals surface area contributed by atoms with Crippen molar-refractivity contribution >= 4 is 5.78 Å². The number of carbonyl (C=O) groups excluding carboxylic acids is 1. The Hall–Kier alpha value is -1.35. The number of fused-ring (bicyclic) bond motifs is 2. The molecule has 1 fully saturated rings. The summed E-state index contributed by atoms with van der Waals surface area (Å²) < 4.78 is 0. The highest BCUT2D eigenvalue weighted by Crippen LogP contribution is 2.55. The summed E-state index contributed by atoms with van der Waals surface area (Å²) in [6, 6.07) is 0. The maximum Gasteiger partial charge on any atom is 0.179 e. The van der Waals surface area contributed by atoms with Gasteiger partial charge in [0.05, 0.1) is 6.10 Å². The molecule has 1 heterocycles. The average molecular weight is 273 g/mol. The molecule has 1 aliphatic heterocycles. The molecule has 0 unspecified atom stereocenters. The zero-order chi connectivity index (χ0) is 14.3. The minimum absolute atomic E-state index is 0.0338. The number of ketones is 1. The van der Waals surface area contributed by atoms with E-state index in [1.165, 1.54) is 17.3 Å². The van der Waals surface area contributed by atoms with Gasteiger partial charge in [0.15, 0.2) is 5.78 Å². The van der Waals surface area contributed by atoms with E-state index in [0.29, 0.717) is 5.92 Å². The summed E-state index contributed by atoms with van der Waals surface area (Å²) >= 11 is 0. The highest BCUT2D eigenvalue weighted by molar-refractivity contribution is 5.99. The van der Waals surface area contributed by atoms with Crippen molar-refractivity contribution in [1.82, 2.24) is 5.32 Å². The number of carbonyl (C=O) groups is 1. The summed E-state index contributed by atoms with van der Waals surface area (Å²) in [6.45, 7) is 5.75.